The van der Waals surface area contributed by atoms with Crippen molar-refractivity contribution in [2.45, 2.75) is 41.2 Å². The molecule has 1 N–H and O–H groups in total. The molecule has 0 aliphatic carbocycles. The first-order valence-electron chi connectivity index (χ1n) is 7.25. The highest BCUT2D eigenvalue weighted by Crippen LogP contribution is 2.26. The number of hydrogen-bond donors (Lipinski definition) is 1. The van der Waals surface area contributed by atoms with E-state index in [4.69, 9.17) is 11.6 Å². The van der Waals surface area contributed by atoms with Gasteiger partial charge in [-0.3, -0.25) is 0 Å². The van der Waals surface area contributed by atoms with E-state index in [2.05, 4.69) is 49.8 Å². The smallest absolute Gasteiger partial charge is 0.147 e. The van der Waals surface area contributed by atoms with Crippen LogP contribution >= 0.6 is 11.6 Å². The summed E-state index contributed by atoms with van der Waals surface area (Å²) in [5, 5.41) is 4.13. The predicted octanol–water partition coefficient (Wildman–Crippen LogP) is 3.96. The van der Waals surface area contributed by atoms with Crippen molar-refractivity contribution in [2.24, 2.45) is 11.3 Å². The molecule has 0 aliphatic heterocycles. The van der Waals surface area contributed by atoms with Crippen LogP contribution in [-0.2, 0) is 6.54 Å². The molecule has 0 atom stereocenters. The first kappa shape index (κ1) is 17.3. The molecule has 0 saturated carbocycles. The van der Waals surface area contributed by atoms with E-state index in [1.807, 2.05) is 19.3 Å². The van der Waals surface area contributed by atoms with Crippen LogP contribution in [0.2, 0.25) is 5.02 Å². The van der Waals surface area contributed by atoms with Crippen LogP contribution in [-0.4, -0.2) is 25.1 Å². The Morgan fingerprint density at radius 3 is 2.50 bits per heavy atom. The van der Waals surface area contributed by atoms with E-state index in [-0.39, 0.29) is 5.41 Å². The number of pyridine rings is 1. The number of nitrogens with zero attached hydrogens (tertiary/aromatic N) is 2. The minimum Gasteiger partial charge on any atom is -0.358 e. The molecular weight excluding hydrogens is 270 g/mol. The molecule has 0 fully saturated rings. The fraction of sp³-hybridized carbons (Fsp3) is 0.688. The molecule has 0 saturated heterocycles. The Morgan fingerprint density at radius 2 is 2.00 bits per heavy atom. The molecule has 1 aromatic rings. The zero-order chi connectivity index (χ0) is 15.3. The van der Waals surface area contributed by atoms with Gasteiger partial charge in [-0.2, -0.15) is 0 Å². The highest BCUT2D eigenvalue weighted by atomic mass is 35.5. The molecule has 3 nitrogen and oxygen atoms in total. The summed E-state index contributed by atoms with van der Waals surface area (Å²) in [6, 6.07) is 2.01. The normalized spacial score (nSPS) is 12.0. The van der Waals surface area contributed by atoms with Crippen LogP contribution in [0.3, 0.4) is 0 Å². The number of nitrogens with one attached hydrogen (secondary N) is 1. The summed E-state index contributed by atoms with van der Waals surface area (Å²) in [7, 11) is 2.04. The highest BCUT2D eigenvalue weighted by molar-refractivity contribution is 6.33. The molecule has 1 rings (SSSR count). The molecule has 1 heterocycles. The Balaban J connectivity index is 2.68. The van der Waals surface area contributed by atoms with Crippen molar-refractivity contribution in [3.05, 3.63) is 22.8 Å². The molecule has 0 unspecified atom stereocenters. The van der Waals surface area contributed by atoms with Gasteiger partial charge in [0, 0.05) is 26.3 Å². The Labute approximate surface area is 128 Å². The summed E-state index contributed by atoms with van der Waals surface area (Å²) in [4.78, 5) is 6.63. The molecule has 0 bridgehead atoms. The minimum absolute atomic E-state index is 0.219. The predicted molar refractivity (Wildman–Crippen MR) is 88.5 cm³/mol. The van der Waals surface area contributed by atoms with Crippen molar-refractivity contribution >= 4 is 17.4 Å². The molecule has 114 valence electrons. The zero-order valence-corrected chi connectivity index (χ0v) is 14.4. The minimum atomic E-state index is 0.219. The van der Waals surface area contributed by atoms with Crippen LogP contribution in [0, 0.1) is 11.3 Å². The Morgan fingerprint density at radius 1 is 1.35 bits per heavy atom. The molecule has 0 aromatic carbocycles. The van der Waals surface area contributed by atoms with E-state index >= 15 is 0 Å². The second-order valence-electron chi connectivity index (χ2n) is 7.09. The maximum atomic E-state index is 6.36. The van der Waals surface area contributed by atoms with Gasteiger partial charge in [0.1, 0.15) is 5.82 Å². The van der Waals surface area contributed by atoms with E-state index in [1.54, 1.807) is 0 Å². The van der Waals surface area contributed by atoms with Gasteiger partial charge in [-0.05, 0) is 29.5 Å². The first-order valence-corrected chi connectivity index (χ1v) is 7.63. The average Bonchev–Trinajstić information content (AvgIpc) is 2.25. The number of anilines is 1. The SMILES string of the molecule is CC(C)CNCc1cnc(N(C)CC(C)(C)C)c(Cl)c1. The third kappa shape index (κ3) is 6.10. The van der Waals surface area contributed by atoms with Gasteiger partial charge in [-0.1, -0.05) is 46.2 Å². The molecule has 0 radical (unpaired) electrons. The van der Waals surface area contributed by atoms with Crippen molar-refractivity contribution in [1.82, 2.24) is 10.3 Å². The standard InChI is InChI=1S/C16H28ClN3/c1-12(2)8-18-9-13-7-14(17)15(19-10-13)20(6)11-16(3,4)5/h7,10,12,18H,8-9,11H2,1-6H3. The fourth-order valence-corrected chi connectivity index (χ4v) is 2.47. The monoisotopic (exact) mass is 297 g/mol. The van der Waals surface area contributed by atoms with Gasteiger partial charge in [0.2, 0.25) is 0 Å². The summed E-state index contributed by atoms with van der Waals surface area (Å²) >= 11 is 6.36. The average molecular weight is 298 g/mol. The summed E-state index contributed by atoms with van der Waals surface area (Å²) in [6.45, 7) is 13.8. The lowest BCUT2D eigenvalue weighted by atomic mass is 9.96. The van der Waals surface area contributed by atoms with Crippen LogP contribution in [0.4, 0.5) is 5.82 Å². The van der Waals surface area contributed by atoms with E-state index in [0.29, 0.717) is 5.92 Å². The first-order chi connectivity index (χ1) is 9.19. The van der Waals surface area contributed by atoms with Crippen molar-refractivity contribution in [3.8, 4) is 0 Å². The summed E-state index contributed by atoms with van der Waals surface area (Å²) in [6.07, 6.45) is 1.91. The van der Waals surface area contributed by atoms with Gasteiger partial charge in [-0.15, -0.1) is 0 Å². The van der Waals surface area contributed by atoms with E-state index in [0.717, 1.165) is 36.0 Å². The number of rotatable bonds is 6. The Kier molecular flexibility index (Phi) is 6.28. The topological polar surface area (TPSA) is 28.2 Å². The lowest BCUT2D eigenvalue weighted by molar-refractivity contribution is 0.418. The van der Waals surface area contributed by atoms with Crippen molar-refractivity contribution in [2.75, 3.05) is 25.0 Å². The molecule has 20 heavy (non-hydrogen) atoms. The number of hydrogen-bond acceptors (Lipinski definition) is 3. The van der Waals surface area contributed by atoms with Crippen LogP contribution in [0.5, 0.6) is 0 Å². The van der Waals surface area contributed by atoms with Crippen molar-refractivity contribution in [3.63, 3.8) is 0 Å². The second kappa shape index (κ2) is 7.28. The third-order valence-electron chi connectivity index (χ3n) is 2.83. The van der Waals surface area contributed by atoms with Crippen LogP contribution < -0.4 is 10.2 Å². The lowest BCUT2D eigenvalue weighted by Crippen LogP contribution is -2.30. The molecule has 4 heteroatoms. The van der Waals surface area contributed by atoms with Crippen molar-refractivity contribution in [1.29, 1.82) is 0 Å². The Bertz CT molecular complexity index is 424. The number of aromatic nitrogens is 1. The summed E-state index contributed by atoms with van der Waals surface area (Å²) in [5.41, 5.74) is 1.35. The summed E-state index contributed by atoms with van der Waals surface area (Å²) in [5.74, 6) is 1.50. The fourth-order valence-electron chi connectivity index (χ4n) is 2.14. The van der Waals surface area contributed by atoms with E-state index in [1.165, 1.54) is 0 Å². The maximum absolute atomic E-state index is 6.36. The second-order valence-corrected chi connectivity index (χ2v) is 7.50. The van der Waals surface area contributed by atoms with E-state index in [9.17, 15) is 0 Å². The van der Waals surface area contributed by atoms with Gasteiger partial charge < -0.3 is 10.2 Å². The van der Waals surface area contributed by atoms with Gasteiger partial charge in [0.25, 0.3) is 0 Å². The van der Waals surface area contributed by atoms with Gasteiger partial charge in [-0.25, -0.2) is 4.98 Å². The maximum Gasteiger partial charge on any atom is 0.147 e. The third-order valence-corrected chi connectivity index (χ3v) is 3.11. The lowest BCUT2D eigenvalue weighted by Gasteiger charge is -2.28. The zero-order valence-electron chi connectivity index (χ0n) is 13.6. The quantitative estimate of drug-likeness (QED) is 0.861. The highest BCUT2D eigenvalue weighted by Gasteiger charge is 2.16. The summed E-state index contributed by atoms with van der Waals surface area (Å²) < 4.78 is 0. The van der Waals surface area contributed by atoms with Gasteiger partial charge >= 0.3 is 0 Å². The van der Waals surface area contributed by atoms with E-state index < -0.39 is 0 Å². The van der Waals surface area contributed by atoms with Crippen LogP contribution in [0.1, 0.15) is 40.2 Å². The van der Waals surface area contributed by atoms with Crippen molar-refractivity contribution < 1.29 is 0 Å². The molecule has 0 amide bonds. The Hall–Kier alpha value is -0.800. The number of halogens is 1. The largest absolute Gasteiger partial charge is 0.358 e. The molecule has 0 spiro atoms. The molecular formula is C16H28ClN3. The van der Waals surface area contributed by atoms with Crippen LogP contribution in [0.25, 0.3) is 0 Å². The van der Waals surface area contributed by atoms with Gasteiger partial charge in [0.05, 0.1) is 5.02 Å². The van der Waals surface area contributed by atoms with Gasteiger partial charge in [0.15, 0.2) is 0 Å². The van der Waals surface area contributed by atoms with Crippen LogP contribution in [0.15, 0.2) is 12.3 Å². The molecule has 1 aromatic heterocycles. The molecule has 0 aliphatic rings.